The molecule has 6 nitrogen and oxygen atoms in total. The van der Waals surface area contributed by atoms with Crippen LogP contribution >= 0.6 is 0 Å². The van der Waals surface area contributed by atoms with Gasteiger partial charge < -0.3 is 5.32 Å². The molecule has 1 saturated heterocycles. The number of nitrogens with zero attached hydrogens (tertiary/aromatic N) is 2. The third kappa shape index (κ3) is 3.46. The maximum Gasteiger partial charge on any atom is 0.262 e. The molecule has 2 rings (SSSR count). The third-order valence-electron chi connectivity index (χ3n) is 4.23. The smallest absolute Gasteiger partial charge is 0.262 e. The molecule has 1 aliphatic rings. The average molecular weight is 314 g/mol. The predicted molar refractivity (Wildman–Crippen MR) is 82.5 cm³/mol. The van der Waals surface area contributed by atoms with Gasteiger partial charge in [-0.2, -0.15) is 9.40 Å². The fourth-order valence-electron chi connectivity index (χ4n) is 2.80. The number of hydrogen-bond acceptors (Lipinski definition) is 4. The number of sulfonamides is 1. The van der Waals surface area contributed by atoms with E-state index in [2.05, 4.69) is 22.4 Å². The van der Waals surface area contributed by atoms with Crippen molar-refractivity contribution in [3.05, 3.63) is 11.3 Å². The van der Waals surface area contributed by atoms with Crippen LogP contribution in [0.25, 0.3) is 0 Å². The van der Waals surface area contributed by atoms with E-state index in [9.17, 15) is 8.42 Å². The summed E-state index contributed by atoms with van der Waals surface area (Å²) in [7, 11) is -3.49. The van der Waals surface area contributed by atoms with Crippen LogP contribution < -0.4 is 5.32 Å². The first-order chi connectivity index (χ1) is 10.0. The molecular weight excluding hydrogens is 288 g/mol. The number of rotatable bonds is 6. The van der Waals surface area contributed by atoms with Crippen LogP contribution in [0.15, 0.2) is 5.03 Å². The molecule has 7 heteroatoms. The Balaban J connectivity index is 2.27. The molecule has 2 N–H and O–H groups in total. The van der Waals surface area contributed by atoms with Gasteiger partial charge in [0.15, 0.2) is 5.03 Å². The molecule has 1 atom stereocenters. The predicted octanol–water partition coefficient (Wildman–Crippen LogP) is 1.64. The lowest BCUT2D eigenvalue weighted by atomic mass is 9.97. The van der Waals surface area contributed by atoms with Gasteiger partial charge in [-0.25, -0.2) is 8.42 Å². The lowest BCUT2D eigenvalue weighted by Crippen LogP contribution is -2.40. The zero-order chi connectivity index (χ0) is 15.5. The molecule has 21 heavy (non-hydrogen) atoms. The second-order valence-corrected chi connectivity index (χ2v) is 7.55. The molecule has 0 bridgehead atoms. The molecule has 1 aromatic rings. The molecule has 0 aromatic carbocycles. The maximum atomic E-state index is 12.9. The zero-order valence-corrected chi connectivity index (χ0v) is 14.0. The molecule has 0 saturated carbocycles. The number of aromatic nitrogens is 2. The van der Waals surface area contributed by atoms with Crippen molar-refractivity contribution >= 4 is 10.0 Å². The second kappa shape index (κ2) is 6.89. The van der Waals surface area contributed by atoms with Crippen molar-refractivity contribution < 1.29 is 8.42 Å². The van der Waals surface area contributed by atoms with Crippen molar-refractivity contribution in [1.29, 1.82) is 0 Å². The number of hydrogen-bond donors (Lipinski definition) is 2. The summed E-state index contributed by atoms with van der Waals surface area (Å²) in [5.74, 6) is 0.464. The van der Waals surface area contributed by atoms with E-state index >= 15 is 0 Å². The van der Waals surface area contributed by atoms with E-state index in [1.165, 1.54) is 0 Å². The van der Waals surface area contributed by atoms with Gasteiger partial charge in [0.25, 0.3) is 10.0 Å². The molecule has 1 fully saturated rings. The molecule has 2 heterocycles. The Hall–Kier alpha value is -0.920. The summed E-state index contributed by atoms with van der Waals surface area (Å²) in [4.78, 5) is 0. The number of H-pyrrole nitrogens is 1. The minimum absolute atomic E-state index is 0.192. The van der Waals surface area contributed by atoms with Crippen LogP contribution in [0.3, 0.4) is 0 Å². The van der Waals surface area contributed by atoms with Crippen molar-refractivity contribution in [2.45, 2.75) is 51.6 Å². The van der Waals surface area contributed by atoms with Gasteiger partial charge >= 0.3 is 0 Å². The maximum absolute atomic E-state index is 12.9. The van der Waals surface area contributed by atoms with Crippen LogP contribution in [-0.2, 0) is 16.6 Å². The van der Waals surface area contributed by atoms with Gasteiger partial charge in [-0.05, 0) is 32.2 Å². The van der Waals surface area contributed by atoms with Gasteiger partial charge in [0, 0.05) is 30.9 Å². The molecule has 120 valence electrons. The minimum atomic E-state index is -3.49. The summed E-state index contributed by atoms with van der Waals surface area (Å²) in [6.07, 6.45) is 3.08. The normalized spacial score (nSPS) is 20.8. The zero-order valence-electron chi connectivity index (χ0n) is 13.1. The highest BCUT2D eigenvalue weighted by atomic mass is 32.2. The monoisotopic (exact) mass is 314 g/mol. The molecule has 1 unspecified atom stereocenters. The lowest BCUT2D eigenvalue weighted by molar-refractivity contribution is 0.261. The fraction of sp³-hybridized carbons (Fsp3) is 0.786. The van der Waals surface area contributed by atoms with E-state index in [4.69, 9.17) is 0 Å². The highest BCUT2D eigenvalue weighted by Crippen LogP contribution is 2.26. The molecule has 0 amide bonds. The van der Waals surface area contributed by atoms with Gasteiger partial charge in [0.05, 0.1) is 0 Å². The lowest BCUT2D eigenvalue weighted by Gasteiger charge is -2.31. The minimum Gasteiger partial charge on any atom is -0.313 e. The average Bonchev–Trinajstić information content (AvgIpc) is 2.86. The first kappa shape index (κ1) is 16.5. The molecule has 0 spiro atoms. The number of aromatic amines is 1. The first-order valence-corrected chi connectivity index (χ1v) is 9.19. The van der Waals surface area contributed by atoms with Crippen molar-refractivity contribution in [1.82, 2.24) is 19.8 Å². The standard InChI is InChI=1S/C14H26N4O2S/c1-4-12-7-6-8-18(10-12)21(19,20)14-13(9-15-5-2)11(3)16-17-14/h12,15H,4-10H2,1-3H3,(H,16,17). The van der Waals surface area contributed by atoms with E-state index in [0.717, 1.165) is 37.1 Å². The van der Waals surface area contributed by atoms with E-state index in [1.807, 2.05) is 13.8 Å². The fourth-order valence-corrected chi connectivity index (χ4v) is 4.52. The SMILES string of the molecule is CCNCc1c(S(=O)(=O)N2CCCC(CC)C2)n[nH]c1C. The Morgan fingerprint density at radius 2 is 2.19 bits per heavy atom. The highest BCUT2D eigenvalue weighted by molar-refractivity contribution is 7.89. The van der Waals surface area contributed by atoms with Crippen molar-refractivity contribution in [2.75, 3.05) is 19.6 Å². The van der Waals surface area contributed by atoms with Crippen molar-refractivity contribution in [2.24, 2.45) is 5.92 Å². The number of aryl methyl sites for hydroxylation is 1. The second-order valence-electron chi connectivity index (χ2n) is 5.69. The van der Waals surface area contributed by atoms with Crippen LogP contribution in [0.5, 0.6) is 0 Å². The summed E-state index contributed by atoms with van der Waals surface area (Å²) in [5, 5.41) is 10.3. The summed E-state index contributed by atoms with van der Waals surface area (Å²) in [6.45, 7) is 8.53. The highest BCUT2D eigenvalue weighted by Gasteiger charge is 2.33. The topological polar surface area (TPSA) is 78.1 Å². The quantitative estimate of drug-likeness (QED) is 0.837. The Labute approximate surface area is 127 Å². The Kier molecular flexibility index (Phi) is 5.40. The van der Waals surface area contributed by atoms with Crippen molar-refractivity contribution in [3.8, 4) is 0 Å². The van der Waals surface area contributed by atoms with Crippen LogP contribution in [0.2, 0.25) is 0 Å². The van der Waals surface area contributed by atoms with Crippen LogP contribution in [0, 0.1) is 12.8 Å². The van der Waals surface area contributed by atoms with Gasteiger partial charge in [-0.1, -0.05) is 20.3 Å². The number of nitrogens with one attached hydrogen (secondary N) is 2. The summed E-state index contributed by atoms with van der Waals surface area (Å²) in [5.41, 5.74) is 1.58. The molecule has 0 radical (unpaired) electrons. The summed E-state index contributed by atoms with van der Waals surface area (Å²) < 4.78 is 27.3. The van der Waals surface area contributed by atoms with E-state index in [1.54, 1.807) is 4.31 Å². The van der Waals surface area contributed by atoms with E-state index in [-0.39, 0.29) is 5.03 Å². The Morgan fingerprint density at radius 1 is 1.43 bits per heavy atom. The third-order valence-corrected chi connectivity index (χ3v) is 6.07. The van der Waals surface area contributed by atoms with Gasteiger partial charge in [-0.3, -0.25) is 5.10 Å². The summed E-state index contributed by atoms with van der Waals surface area (Å²) in [6, 6.07) is 0. The van der Waals surface area contributed by atoms with E-state index < -0.39 is 10.0 Å². The van der Waals surface area contributed by atoms with Crippen LogP contribution in [0.4, 0.5) is 0 Å². The first-order valence-electron chi connectivity index (χ1n) is 7.75. The van der Waals surface area contributed by atoms with Crippen LogP contribution in [0.1, 0.15) is 44.4 Å². The molecule has 1 aromatic heterocycles. The summed E-state index contributed by atoms with van der Waals surface area (Å²) >= 11 is 0. The molecule has 1 aliphatic heterocycles. The molecule has 0 aliphatic carbocycles. The van der Waals surface area contributed by atoms with E-state index in [0.29, 0.717) is 25.6 Å². The Morgan fingerprint density at radius 3 is 2.86 bits per heavy atom. The van der Waals surface area contributed by atoms with Crippen molar-refractivity contribution in [3.63, 3.8) is 0 Å². The largest absolute Gasteiger partial charge is 0.313 e. The molecular formula is C14H26N4O2S. The van der Waals surface area contributed by atoms with Gasteiger partial charge in [0.1, 0.15) is 0 Å². The van der Waals surface area contributed by atoms with Gasteiger partial charge in [0.2, 0.25) is 0 Å². The Bertz CT molecular complexity index is 568. The van der Waals surface area contributed by atoms with Gasteiger partial charge in [-0.15, -0.1) is 0 Å². The van der Waals surface area contributed by atoms with Crippen LogP contribution in [-0.4, -0.2) is 42.6 Å². The number of piperidine rings is 1.